The van der Waals surface area contributed by atoms with Gasteiger partial charge in [-0.3, -0.25) is 14.3 Å². The molecule has 7 rings (SSSR count). The van der Waals surface area contributed by atoms with Crippen molar-refractivity contribution in [2.24, 2.45) is 5.41 Å². The first kappa shape index (κ1) is 26.9. The molecule has 2 fully saturated rings. The minimum Gasteiger partial charge on any atom is -0.389 e. The highest BCUT2D eigenvalue weighted by atomic mass is 35.5. The van der Waals surface area contributed by atoms with Gasteiger partial charge in [-0.05, 0) is 86.4 Å². The van der Waals surface area contributed by atoms with Crippen LogP contribution >= 0.6 is 11.6 Å². The Balaban J connectivity index is 1.07. The lowest BCUT2D eigenvalue weighted by Crippen LogP contribution is -2.55. The largest absolute Gasteiger partial charge is 0.389 e. The lowest BCUT2D eigenvalue weighted by Gasteiger charge is -2.57. The van der Waals surface area contributed by atoms with Gasteiger partial charge in [-0.25, -0.2) is 5.10 Å². The van der Waals surface area contributed by atoms with E-state index in [0.717, 1.165) is 58.8 Å². The SMILES string of the molecule is CC(C)(O)Cn1nc(C(=O)NC2CC3(C2)CC(c2n[nH]c(=O)c4ccccc24)C3)c2ccc(-c3ccc(Cl)cc3)cc21. The number of hydrogen-bond acceptors (Lipinski definition) is 5. The molecule has 8 nitrogen and oxygen atoms in total. The van der Waals surface area contributed by atoms with E-state index in [4.69, 9.17) is 11.6 Å². The third kappa shape index (κ3) is 4.78. The van der Waals surface area contributed by atoms with E-state index in [-0.39, 0.29) is 29.5 Å². The van der Waals surface area contributed by atoms with Crippen LogP contribution < -0.4 is 10.9 Å². The summed E-state index contributed by atoms with van der Waals surface area (Å²) in [5.74, 6) is 0.109. The molecule has 2 aromatic heterocycles. The van der Waals surface area contributed by atoms with Crippen LogP contribution in [0.5, 0.6) is 0 Å². The summed E-state index contributed by atoms with van der Waals surface area (Å²) in [4.78, 5) is 25.7. The number of aliphatic hydroxyl groups is 1. The second-order valence-corrected chi connectivity index (χ2v) is 13.2. The number of halogens is 1. The first-order valence-electron chi connectivity index (χ1n) is 14.3. The predicted octanol–water partition coefficient (Wildman–Crippen LogP) is 5.82. The van der Waals surface area contributed by atoms with Crippen molar-refractivity contribution in [2.75, 3.05) is 0 Å². The Morgan fingerprint density at radius 3 is 2.43 bits per heavy atom. The molecule has 214 valence electrons. The van der Waals surface area contributed by atoms with Crippen LogP contribution in [0.15, 0.2) is 71.5 Å². The van der Waals surface area contributed by atoms with Crippen LogP contribution in [0, 0.1) is 5.41 Å². The van der Waals surface area contributed by atoms with Crippen LogP contribution in [0.25, 0.3) is 32.8 Å². The Hall–Kier alpha value is -4.01. The third-order valence-electron chi connectivity index (χ3n) is 8.85. The molecule has 9 heteroatoms. The second-order valence-electron chi connectivity index (χ2n) is 12.7. The fraction of sp³-hybridized carbons (Fsp3) is 0.333. The molecule has 0 radical (unpaired) electrons. The van der Waals surface area contributed by atoms with Crippen LogP contribution in [-0.4, -0.2) is 42.6 Å². The lowest BCUT2D eigenvalue weighted by molar-refractivity contribution is -0.0197. The molecule has 0 unspecified atom stereocenters. The number of carbonyl (C=O) groups excluding carboxylic acids is 1. The molecule has 0 saturated heterocycles. The normalized spacial score (nSPS) is 21.8. The quantitative estimate of drug-likeness (QED) is 0.234. The van der Waals surface area contributed by atoms with Gasteiger partial charge in [0.1, 0.15) is 0 Å². The van der Waals surface area contributed by atoms with Gasteiger partial charge in [0.25, 0.3) is 11.5 Å². The number of aromatic nitrogens is 4. The van der Waals surface area contributed by atoms with Gasteiger partial charge in [0, 0.05) is 27.8 Å². The molecule has 0 aliphatic heterocycles. The van der Waals surface area contributed by atoms with Gasteiger partial charge < -0.3 is 10.4 Å². The van der Waals surface area contributed by atoms with E-state index in [9.17, 15) is 14.7 Å². The summed E-state index contributed by atoms with van der Waals surface area (Å²) < 4.78 is 1.73. The fourth-order valence-corrected chi connectivity index (χ4v) is 7.08. The van der Waals surface area contributed by atoms with E-state index >= 15 is 0 Å². The zero-order valence-electron chi connectivity index (χ0n) is 23.5. The van der Waals surface area contributed by atoms with E-state index in [2.05, 4.69) is 20.6 Å². The van der Waals surface area contributed by atoms with Crippen LogP contribution in [0.1, 0.15) is 61.6 Å². The summed E-state index contributed by atoms with van der Waals surface area (Å²) in [6.45, 7) is 3.71. The first-order valence-corrected chi connectivity index (χ1v) is 14.7. The number of nitrogens with zero attached hydrogens (tertiary/aromatic N) is 3. The highest BCUT2D eigenvalue weighted by Crippen LogP contribution is 2.62. The predicted molar refractivity (Wildman–Crippen MR) is 164 cm³/mol. The van der Waals surface area contributed by atoms with Crippen molar-refractivity contribution in [3.05, 3.63) is 93.5 Å². The third-order valence-corrected chi connectivity index (χ3v) is 9.10. The molecule has 2 heterocycles. The Labute approximate surface area is 247 Å². The van der Waals surface area contributed by atoms with Gasteiger partial charge >= 0.3 is 0 Å². The molecule has 1 spiro atoms. The van der Waals surface area contributed by atoms with Crippen molar-refractivity contribution in [3.8, 4) is 11.1 Å². The number of H-pyrrole nitrogens is 1. The van der Waals surface area contributed by atoms with E-state index in [1.807, 2.05) is 66.7 Å². The van der Waals surface area contributed by atoms with Crippen molar-refractivity contribution < 1.29 is 9.90 Å². The van der Waals surface area contributed by atoms with Gasteiger partial charge in [-0.15, -0.1) is 0 Å². The number of hydrogen-bond donors (Lipinski definition) is 3. The maximum Gasteiger partial charge on any atom is 0.272 e. The highest BCUT2D eigenvalue weighted by molar-refractivity contribution is 6.30. The van der Waals surface area contributed by atoms with Crippen molar-refractivity contribution in [3.63, 3.8) is 0 Å². The van der Waals surface area contributed by atoms with Crippen molar-refractivity contribution in [1.82, 2.24) is 25.3 Å². The zero-order chi connectivity index (χ0) is 29.2. The standard InChI is InChI=1S/C33H32ClN5O3/c1-32(2,42)18-39-27-13-20(19-7-10-22(34)11-8-19)9-12-26(27)29(38-39)31(41)35-23-16-33(17-23)14-21(15-33)28-24-5-3-4-6-25(24)30(40)37-36-28/h3-13,21,23,42H,14-18H2,1-2H3,(H,35,41)(H,37,40). The Kier molecular flexibility index (Phi) is 6.26. The molecule has 3 N–H and O–H groups in total. The summed E-state index contributed by atoms with van der Waals surface area (Å²) in [6.07, 6.45) is 3.83. The number of amides is 1. The smallest absolute Gasteiger partial charge is 0.272 e. The summed E-state index contributed by atoms with van der Waals surface area (Å²) >= 11 is 6.08. The average molecular weight is 582 g/mol. The number of aromatic amines is 1. The molecule has 5 aromatic rings. The molecule has 2 aliphatic rings. The molecule has 2 aliphatic carbocycles. The molecular formula is C33H32ClN5O3. The monoisotopic (exact) mass is 581 g/mol. The molecular weight excluding hydrogens is 550 g/mol. The van der Waals surface area contributed by atoms with E-state index < -0.39 is 5.60 Å². The van der Waals surface area contributed by atoms with E-state index in [1.54, 1.807) is 18.5 Å². The van der Waals surface area contributed by atoms with Crippen LogP contribution in [0.4, 0.5) is 0 Å². The fourth-order valence-electron chi connectivity index (χ4n) is 6.95. The van der Waals surface area contributed by atoms with Gasteiger partial charge in [0.05, 0.1) is 28.7 Å². The van der Waals surface area contributed by atoms with Crippen LogP contribution in [-0.2, 0) is 6.54 Å². The van der Waals surface area contributed by atoms with Crippen LogP contribution in [0.2, 0.25) is 5.02 Å². The zero-order valence-corrected chi connectivity index (χ0v) is 24.3. The van der Waals surface area contributed by atoms with E-state index in [1.165, 1.54) is 0 Å². The van der Waals surface area contributed by atoms with Gasteiger partial charge in [-0.2, -0.15) is 10.2 Å². The first-order chi connectivity index (χ1) is 20.1. The number of fused-ring (bicyclic) bond motifs is 2. The number of rotatable bonds is 6. The molecule has 0 bridgehead atoms. The van der Waals surface area contributed by atoms with Crippen molar-refractivity contribution in [1.29, 1.82) is 0 Å². The minimum absolute atomic E-state index is 0.0848. The molecule has 1 amide bonds. The topological polar surface area (TPSA) is 113 Å². The Morgan fingerprint density at radius 1 is 1.02 bits per heavy atom. The number of benzene rings is 3. The number of nitrogens with one attached hydrogen (secondary N) is 2. The summed E-state index contributed by atoms with van der Waals surface area (Å²) in [7, 11) is 0. The van der Waals surface area contributed by atoms with Crippen molar-refractivity contribution >= 4 is 39.2 Å². The maximum atomic E-state index is 13.5. The molecule has 42 heavy (non-hydrogen) atoms. The lowest BCUT2D eigenvalue weighted by atomic mass is 9.49. The van der Waals surface area contributed by atoms with E-state index in [0.29, 0.717) is 22.0 Å². The van der Waals surface area contributed by atoms with Crippen LogP contribution in [0.3, 0.4) is 0 Å². The Morgan fingerprint density at radius 2 is 1.71 bits per heavy atom. The molecule has 3 aromatic carbocycles. The highest BCUT2D eigenvalue weighted by Gasteiger charge is 2.54. The second kappa shape index (κ2) is 9.78. The van der Waals surface area contributed by atoms with Gasteiger partial charge in [0.2, 0.25) is 0 Å². The molecule has 0 atom stereocenters. The summed E-state index contributed by atoms with van der Waals surface area (Å²) in [6, 6.07) is 21.3. The summed E-state index contributed by atoms with van der Waals surface area (Å²) in [5, 5.41) is 28.5. The van der Waals surface area contributed by atoms with Crippen molar-refractivity contribution in [2.45, 2.75) is 63.6 Å². The number of carbonyl (C=O) groups is 1. The summed E-state index contributed by atoms with van der Waals surface area (Å²) in [5.41, 5.74) is 3.15. The maximum absolute atomic E-state index is 13.5. The van der Waals surface area contributed by atoms with Gasteiger partial charge in [0.15, 0.2) is 5.69 Å². The average Bonchev–Trinajstić information content (AvgIpc) is 3.26. The minimum atomic E-state index is -1.00. The van der Waals surface area contributed by atoms with Gasteiger partial charge in [-0.1, -0.05) is 48.0 Å². The Bertz CT molecular complexity index is 1890. The molecule has 2 saturated carbocycles.